The molecule has 16 heavy (non-hydrogen) atoms. The van der Waals surface area contributed by atoms with E-state index in [1.54, 1.807) is 18.4 Å². The maximum Gasteiger partial charge on any atom is 0.338 e. The molecule has 1 rings (SSSR count). The minimum atomic E-state index is -1.63. The van der Waals surface area contributed by atoms with Crippen LogP contribution in [0.2, 0.25) is 0 Å². The first-order valence-electron chi connectivity index (χ1n) is 4.81. The van der Waals surface area contributed by atoms with Crippen LogP contribution in [0.3, 0.4) is 0 Å². The molecule has 0 bridgehead atoms. The Hall–Kier alpha value is -0.950. The smallest absolute Gasteiger partial charge is 0.338 e. The SMILES string of the molecule is CCOC(=O)C(O)C(O)c1ccsc1CO. The van der Waals surface area contributed by atoms with Crippen LogP contribution in [-0.4, -0.2) is 34.0 Å². The van der Waals surface area contributed by atoms with Crippen molar-refractivity contribution in [2.24, 2.45) is 0 Å². The molecule has 0 saturated carbocycles. The van der Waals surface area contributed by atoms with E-state index in [1.807, 2.05) is 0 Å². The number of hydrogen-bond acceptors (Lipinski definition) is 6. The molecule has 1 aromatic heterocycles. The van der Waals surface area contributed by atoms with Gasteiger partial charge in [0.15, 0.2) is 6.10 Å². The third-order valence-electron chi connectivity index (χ3n) is 2.07. The third-order valence-corrected chi connectivity index (χ3v) is 2.99. The Balaban J connectivity index is 2.77. The van der Waals surface area contributed by atoms with Crippen molar-refractivity contribution >= 4 is 17.3 Å². The second-order valence-corrected chi connectivity index (χ2v) is 4.10. The first-order chi connectivity index (χ1) is 7.61. The van der Waals surface area contributed by atoms with Gasteiger partial charge in [-0.3, -0.25) is 0 Å². The number of carbonyl (C=O) groups is 1. The molecule has 0 radical (unpaired) electrons. The molecule has 0 saturated heterocycles. The van der Waals surface area contributed by atoms with Crippen molar-refractivity contribution < 1.29 is 24.9 Å². The summed E-state index contributed by atoms with van der Waals surface area (Å²) in [4.78, 5) is 11.7. The summed E-state index contributed by atoms with van der Waals surface area (Å²) in [6.07, 6.45) is -2.99. The minimum Gasteiger partial charge on any atom is -0.464 e. The fourth-order valence-corrected chi connectivity index (χ4v) is 2.05. The van der Waals surface area contributed by atoms with E-state index in [1.165, 1.54) is 11.3 Å². The molecule has 2 atom stereocenters. The van der Waals surface area contributed by atoms with Gasteiger partial charge in [0.25, 0.3) is 0 Å². The summed E-state index contributed by atoms with van der Waals surface area (Å²) in [5.41, 5.74) is 0.355. The first-order valence-corrected chi connectivity index (χ1v) is 5.69. The summed E-state index contributed by atoms with van der Waals surface area (Å²) in [5, 5.41) is 29.9. The Morgan fingerprint density at radius 1 is 1.56 bits per heavy atom. The highest BCUT2D eigenvalue weighted by Gasteiger charge is 2.28. The van der Waals surface area contributed by atoms with Gasteiger partial charge in [-0.2, -0.15) is 0 Å². The second-order valence-electron chi connectivity index (χ2n) is 3.10. The number of thiophene rings is 1. The molecule has 90 valence electrons. The van der Waals surface area contributed by atoms with Crippen molar-refractivity contribution in [3.8, 4) is 0 Å². The van der Waals surface area contributed by atoms with E-state index < -0.39 is 18.2 Å². The van der Waals surface area contributed by atoms with Gasteiger partial charge in [-0.25, -0.2) is 4.79 Å². The molecule has 1 heterocycles. The van der Waals surface area contributed by atoms with Crippen LogP contribution in [0.15, 0.2) is 11.4 Å². The predicted molar refractivity (Wildman–Crippen MR) is 57.8 cm³/mol. The lowest BCUT2D eigenvalue weighted by atomic mass is 10.1. The van der Waals surface area contributed by atoms with Gasteiger partial charge in [0, 0.05) is 4.88 Å². The molecular weight excluding hydrogens is 232 g/mol. The average Bonchev–Trinajstić information content (AvgIpc) is 2.75. The Kier molecular flexibility index (Phi) is 4.88. The van der Waals surface area contributed by atoms with Crippen LogP contribution in [0.1, 0.15) is 23.5 Å². The number of ether oxygens (including phenoxy) is 1. The van der Waals surface area contributed by atoms with Crippen LogP contribution in [0.4, 0.5) is 0 Å². The molecule has 2 unspecified atom stereocenters. The van der Waals surface area contributed by atoms with Crippen molar-refractivity contribution in [1.29, 1.82) is 0 Å². The van der Waals surface area contributed by atoms with E-state index in [-0.39, 0.29) is 13.2 Å². The number of carbonyl (C=O) groups excluding carboxylic acids is 1. The van der Waals surface area contributed by atoms with Crippen molar-refractivity contribution in [3.63, 3.8) is 0 Å². The number of aliphatic hydroxyl groups excluding tert-OH is 3. The van der Waals surface area contributed by atoms with Gasteiger partial charge in [-0.15, -0.1) is 11.3 Å². The van der Waals surface area contributed by atoms with E-state index in [2.05, 4.69) is 4.74 Å². The molecule has 0 amide bonds. The third kappa shape index (κ3) is 2.79. The van der Waals surface area contributed by atoms with Gasteiger partial charge in [0.05, 0.1) is 13.2 Å². The molecule has 5 nitrogen and oxygen atoms in total. The van der Waals surface area contributed by atoms with Crippen LogP contribution in [0, 0.1) is 0 Å². The highest BCUT2D eigenvalue weighted by molar-refractivity contribution is 7.10. The summed E-state index contributed by atoms with van der Waals surface area (Å²) in [5.74, 6) is -0.870. The molecule has 0 aliphatic rings. The van der Waals surface area contributed by atoms with Crippen molar-refractivity contribution in [2.45, 2.75) is 25.7 Å². The molecule has 1 aromatic rings. The molecule has 0 aromatic carbocycles. The Morgan fingerprint density at radius 3 is 2.81 bits per heavy atom. The molecular formula is C10H14O5S. The standard InChI is InChI=1S/C10H14O5S/c1-2-15-10(14)9(13)8(12)6-3-4-16-7(6)5-11/h3-4,8-9,11-13H,2,5H2,1H3. The summed E-state index contributed by atoms with van der Waals surface area (Å²) < 4.78 is 4.59. The van der Waals surface area contributed by atoms with Gasteiger partial charge in [-0.1, -0.05) is 0 Å². The van der Waals surface area contributed by atoms with Crippen molar-refractivity contribution in [3.05, 3.63) is 21.9 Å². The van der Waals surface area contributed by atoms with Gasteiger partial charge in [0.2, 0.25) is 0 Å². The zero-order valence-corrected chi connectivity index (χ0v) is 9.61. The van der Waals surface area contributed by atoms with Crippen LogP contribution in [0.5, 0.6) is 0 Å². The molecule has 0 aliphatic heterocycles. The number of hydrogen-bond donors (Lipinski definition) is 3. The number of esters is 1. The van der Waals surface area contributed by atoms with E-state index in [4.69, 9.17) is 5.11 Å². The fourth-order valence-electron chi connectivity index (χ4n) is 1.27. The minimum absolute atomic E-state index is 0.138. The zero-order valence-electron chi connectivity index (χ0n) is 8.79. The van der Waals surface area contributed by atoms with Gasteiger partial charge in [0.1, 0.15) is 6.10 Å². The Labute approximate surface area is 96.9 Å². The van der Waals surface area contributed by atoms with Crippen LogP contribution < -0.4 is 0 Å². The van der Waals surface area contributed by atoms with E-state index in [0.29, 0.717) is 10.4 Å². The van der Waals surface area contributed by atoms with Crippen LogP contribution in [-0.2, 0) is 16.1 Å². The van der Waals surface area contributed by atoms with Gasteiger partial charge >= 0.3 is 5.97 Å². The topological polar surface area (TPSA) is 87.0 Å². The highest BCUT2D eigenvalue weighted by atomic mass is 32.1. The van der Waals surface area contributed by atoms with Gasteiger partial charge in [-0.05, 0) is 23.9 Å². The lowest BCUT2D eigenvalue weighted by Crippen LogP contribution is -2.30. The summed E-state index contributed by atoms with van der Waals surface area (Å²) >= 11 is 1.25. The lowest BCUT2D eigenvalue weighted by molar-refractivity contribution is -0.159. The van der Waals surface area contributed by atoms with E-state index in [0.717, 1.165) is 0 Å². The first kappa shape index (κ1) is 13.1. The second kappa shape index (κ2) is 5.95. The van der Waals surface area contributed by atoms with Crippen LogP contribution in [0.25, 0.3) is 0 Å². The lowest BCUT2D eigenvalue weighted by Gasteiger charge is -2.16. The summed E-state index contributed by atoms with van der Waals surface area (Å²) in [6.45, 7) is 1.51. The summed E-state index contributed by atoms with van der Waals surface area (Å²) in [7, 11) is 0. The van der Waals surface area contributed by atoms with Crippen molar-refractivity contribution in [1.82, 2.24) is 0 Å². The zero-order chi connectivity index (χ0) is 12.1. The summed E-state index contributed by atoms with van der Waals surface area (Å²) in [6, 6.07) is 1.56. The molecule has 0 fully saturated rings. The quantitative estimate of drug-likeness (QED) is 0.646. The average molecular weight is 246 g/mol. The van der Waals surface area contributed by atoms with E-state index >= 15 is 0 Å². The van der Waals surface area contributed by atoms with Gasteiger partial charge < -0.3 is 20.1 Å². The molecule has 0 aliphatic carbocycles. The molecule has 3 N–H and O–H groups in total. The Bertz CT molecular complexity index is 349. The number of rotatable bonds is 5. The predicted octanol–water partition coefficient (Wildman–Crippen LogP) is 0.198. The van der Waals surface area contributed by atoms with Crippen LogP contribution >= 0.6 is 11.3 Å². The molecule has 6 heteroatoms. The maximum absolute atomic E-state index is 11.2. The molecule has 0 spiro atoms. The van der Waals surface area contributed by atoms with Crippen molar-refractivity contribution in [2.75, 3.05) is 6.61 Å². The monoisotopic (exact) mass is 246 g/mol. The number of aliphatic hydroxyl groups is 3. The fraction of sp³-hybridized carbons (Fsp3) is 0.500. The largest absolute Gasteiger partial charge is 0.464 e. The normalized spacial score (nSPS) is 14.5. The maximum atomic E-state index is 11.2. The van der Waals surface area contributed by atoms with E-state index in [9.17, 15) is 15.0 Å². The Morgan fingerprint density at radius 2 is 2.25 bits per heavy atom. The highest BCUT2D eigenvalue weighted by Crippen LogP contribution is 2.26.